The minimum Gasteiger partial charge on any atom is -0.444 e. The lowest BCUT2D eigenvalue weighted by Gasteiger charge is -2.21. The van der Waals surface area contributed by atoms with Crippen LogP contribution in [0.2, 0.25) is 0 Å². The molecule has 0 saturated carbocycles. The van der Waals surface area contributed by atoms with Gasteiger partial charge in [0.1, 0.15) is 12.3 Å². The summed E-state index contributed by atoms with van der Waals surface area (Å²) in [6, 6.07) is 16.9. The molecule has 0 aliphatic heterocycles. The molecule has 0 aromatic heterocycles. The lowest BCUT2D eigenvalue weighted by atomic mass is 9.99. The van der Waals surface area contributed by atoms with E-state index in [1.807, 2.05) is 67.6 Å². The van der Waals surface area contributed by atoms with Crippen LogP contribution in [-0.4, -0.2) is 60.8 Å². The van der Waals surface area contributed by atoms with Gasteiger partial charge in [0.15, 0.2) is 0 Å². The van der Waals surface area contributed by atoms with E-state index in [1.165, 1.54) is 0 Å². The van der Waals surface area contributed by atoms with Gasteiger partial charge >= 0.3 is 12.0 Å². The van der Waals surface area contributed by atoms with Gasteiger partial charge in [0.05, 0.1) is 25.6 Å². The molecule has 204 valence electrons. The van der Waals surface area contributed by atoms with E-state index in [2.05, 4.69) is 42.4 Å². The zero-order chi connectivity index (χ0) is 27.9. The summed E-state index contributed by atoms with van der Waals surface area (Å²) in [7, 11) is -0.939. The maximum atomic E-state index is 13.0. The van der Waals surface area contributed by atoms with Gasteiger partial charge in [-0.3, -0.25) is 9.59 Å². The van der Waals surface area contributed by atoms with Crippen molar-refractivity contribution >= 4 is 53.6 Å². The second kappa shape index (κ2) is 16.5. The van der Waals surface area contributed by atoms with Gasteiger partial charge in [0, 0.05) is 0 Å². The largest absolute Gasteiger partial charge is 0.444 e. The predicted octanol–water partition coefficient (Wildman–Crippen LogP) is 3.43. The standard InChI is InChI=1S/C26H33BrN5O5P/c1-4-11-20(29-21(33)16-27)24(25(35)28-17-22(34)37-38(2)3)31-32-26(36)30-23(18-12-7-5-8-13-18)19-14-9-6-10-15-19/h5-10,12-15,20,23H,4,11,16-17H2,1-3H3,(H,28,35)(H,29,33)(H2,30,32,36). The summed E-state index contributed by atoms with van der Waals surface area (Å²) >= 11 is 3.10. The highest BCUT2D eigenvalue weighted by atomic mass is 79.9. The molecule has 1 atom stereocenters. The van der Waals surface area contributed by atoms with E-state index in [9.17, 15) is 19.2 Å². The van der Waals surface area contributed by atoms with Crippen LogP contribution in [0.5, 0.6) is 0 Å². The summed E-state index contributed by atoms with van der Waals surface area (Å²) in [5.74, 6) is -1.66. The molecule has 12 heteroatoms. The molecule has 0 fully saturated rings. The predicted molar refractivity (Wildman–Crippen MR) is 152 cm³/mol. The van der Waals surface area contributed by atoms with Crippen molar-refractivity contribution in [1.29, 1.82) is 0 Å². The Hall–Kier alpha value is -3.30. The van der Waals surface area contributed by atoms with Crippen molar-refractivity contribution in [3.63, 3.8) is 0 Å². The summed E-state index contributed by atoms with van der Waals surface area (Å²) in [5.41, 5.74) is 3.95. The number of amides is 4. The average Bonchev–Trinajstić information content (AvgIpc) is 2.91. The monoisotopic (exact) mass is 605 g/mol. The van der Waals surface area contributed by atoms with Crippen LogP contribution in [0, 0.1) is 0 Å². The van der Waals surface area contributed by atoms with Gasteiger partial charge in [-0.2, -0.15) is 5.10 Å². The molecular weight excluding hydrogens is 573 g/mol. The van der Waals surface area contributed by atoms with Crippen molar-refractivity contribution in [3.05, 3.63) is 71.8 Å². The van der Waals surface area contributed by atoms with Crippen LogP contribution in [0.3, 0.4) is 0 Å². The molecule has 10 nitrogen and oxygen atoms in total. The van der Waals surface area contributed by atoms with Gasteiger partial charge in [0.25, 0.3) is 5.91 Å². The van der Waals surface area contributed by atoms with Gasteiger partial charge in [-0.05, 0) is 30.9 Å². The first-order chi connectivity index (χ1) is 18.2. The van der Waals surface area contributed by atoms with Crippen LogP contribution >= 0.6 is 24.1 Å². The Balaban J connectivity index is 2.26. The van der Waals surface area contributed by atoms with Crippen molar-refractivity contribution < 1.29 is 23.7 Å². The Labute approximate surface area is 232 Å². The number of hydrogen-bond acceptors (Lipinski definition) is 6. The molecule has 2 aromatic rings. The fourth-order valence-corrected chi connectivity index (χ4v) is 4.12. The third kappa shape index (κ3) is 10.6. The molecule has 4 N–H and O–H groups in total. The maximum absolute atomic E-state index is 13.0. The van der Waals surface area contributed by atoms with Crippen LogP contribution in [0.1, 0.15) is 36.9 Å². The summed E-state index contributed by atoms with van der Waals surface area (Å²) in [6.07, 6.45) is 0.998. The van der Waals surface area contributed by atoms with Crippen molar-refractivity contribution in [1.82, 2.24) is 21.4 Å². The Morgan fingerprint density at radius 1 is 0.947 bits per heavy atom. The van der Waals surface area contributed by atoms with Crippen LogP contribution in [0.15, 0.2) is 65.8 Å². The SMILES string of the molecule is CCCC(NC(=O)CBr)C(=NNC(=O)NC(c1ccccc1)c1ccccc1)C(=O)NCC(=O)OP(C)C. The van der Waals surface area contributed by atoms with Crippen LogP contribution in [0.4, 0.5) is 4.79 Å². The van der Waals surface area contributed by atoms with E-state index in [1.54, 1.807) is 13.3 Å². The second-order valence-corrected chi connectivity index (χ2v) is 10.7. The molecule has 4 amide bonds. The smallest absolute Gasteiger partial charge is 0.335 e. The Bertz CT molecular complexity index is 1060. The van der Waals surface area contributed by atoms with Gasteiger partial charge in [-0.25, -0.2) is 15.0 Å². The molecule has 0 heterocycles. The van der Waals surface area contributed by atoms with E-state index in [0.717, 1.165) is 11.1 Å². The number of halogens is 1. The summed E-state index contributed by atoms with van der Waals surface area (Å²) in [4.78, 5) is 50.0. The lowest BCUT2D eigenvalue weighted by Crippen LogP contribution is -2.50. The van der Waals surface area contributed by atoms with Crippen molar-refractivity contribution in [2.24, 2.45) is 5.10 Å². The topological polar surface area (TPSA) is 138 Å². The molecule has 1 unspecified atom stereocenters. The molecule has 2 rings (SSSR count). The van der Waals surface area contributed by atoms with Crippen molar-refractivity contribution in [2.45, 2.75) is 31.8 Å². The first-order valence-electron chi connectivity index (χ1n) is 12.0. The minimum atomic E-state index is -0.939. The number of nitrogens with one attached hydrogen (secondary N) is 4. The number of carbonyl (C=O) groups excluding carboxylic acids is 4. The molecule has 0 aliphatic rings. The highest BCUT2D eigenvalue weighted by Gasteiger charge is 2.26. The molecule has 38 heavy (non-hydrogen) atoms. The van der Waals surface area contributed by atoms with Gasteiger partial charge in [0.2, 0.25) is 5.91 Å². The Kier molecular flexibility index (Phi) is 13.4. The van der Waals surface area contributed by atoms with E-state index in [-0.39, 0.29) is 23.5 Å². The number of carbonyl (C=O) groups is 4. The van der Waals surface area contributed by atoms with E-state index in [4.69, 9.17) is 4.52 Å². The second-order valence-electron chi connectivity index (χ2n) is 8.34. The van der Waals surface area contributed by atoms with Crippen molar-refractivity contribution in [2.75, 3.05) is 25.2 Å². The average molecular weight is 606 g/mol. The van der Waals surface area contributed by atoms with Crippen LogP contribution < -0.4 is 21.4 Å². The quantitative estimate of drug-likeness (QED) is 0.120. The highest BCUT2D eigenvalue weighted by Crippen LogP contribution is 2.25. The zero-order valence-corrected chi connectivity index (χ0v) is 24.1. The summed E-state index contributed by atoms with van der Waals surface area (Å²) in [6.45, 7) is 5.03. The zero-order valence-electron chi connectivity index (χ0n) is 21.6. The summed E-state index contributed by atoms with van der Waals surface area (Å²) in [5, 5.41) is 12.2. The number of hydrogen-bond donors (Lipinski definition) is 4. The number of benzene rings is 2. The molecule has 0 aliphatic carbocycles. The Morgan fingerprint density at radius 3 is 2.03 bits per heavy atom. The number of hydrazone groups is 1. The van der Waals surface area contributed by atoms with Crippen molar-refractivity contribution in [3.8, 4) is 0 Å². The first kappa shape index (κ1) is 30.9. The lowest BCUT2D eigenvalue weighted by molar-refractivity contribution is -0.134. The molecular formula is C26H33BrN5O5P. The van der Waals surface area contributed by atoms with Gasteiger partial charge < -0.3 is 20.5 Å². The third-order valence-electron chi connectivity index (χ3n) is 5.09. The third-order valence-corrected chi connectivity index (χ3v) is 6.17. The van der Waals surface area contributed by atoms with Crippen LogP contribution in [-0.2, 0) is 18.9 Å². The fourth-order valence-electron chi connectivity index (χ4n) is 3.49. The van der Waals surface area contributed by atoms with Gasteiger partial charge in [-0.15, -0.1) is 0 Å². The Morgan fingerprint density at radius 2 is 1.53 bits per heavy atom. The van der Waals surface area contributed by atoms with E-state index in [0.29, 0.717) is 12.8 Å². The highest BCUT2D eigenvalue weighted by molar-refractivity contribution is 9.09. The molecule has 0 radical (unpaired) electrons. The molecule has 2 aromatic carbocycles. The number of alkyl halides is 1. The number of rotatable bonds is 13. The van der Waals surface area contributed by atoms with Crippen LogP contribution in [0.25, 0.3) is 0 Å². The molecule has 0 bridgehead atoms. The molecule has 0 spiro atoms. The number of urea groups is 1. The number of nitrogens with zero attached hydrogens (tertiary/aromatic N) is 1. The molecule has 0 saturated heterocycles. The fraction of sp³-hybridized carbons (Fsp3) is 0.346. The van der Waals surface area contributed by atoms with E-state index < -0.39 is 38.1 Å². The first-order valence-corrected chi connectivity index (χ1v) is 15.3. The minimum absolute atomic E-state index is 0.0226. The maximum Gasteiger partial charge on any atom is 0.335 e. The van der Waals surface area contributed by atoms with E-state index >= 15 is 0 Å². The normalized spacial score (nSPS) is 12.0. The summed E-state index contributed by atoms with van der Waals surface area (Å²) < 4.78 is 5.11. The van der Waals surface area contributed by atoms with Gasteiger partial charge in [-0.1, -0.05) is 89.9 Å².